The number of carbonyl (C=O) groups is 2. The molecule has 0 atom stereocenters. The number of nitrogens with one attached hydrogen (secondary N) is 2. The number of hydrogen-bond acceptors (Lipinski definition) is 6. The molecule has 2 aromatic heterocycles. The molecule has 0 amide bonds. The predicted molar refractivity (Wildman–Crippen MR) is 181 cm³/mol. The van der Waals surface area contributed by atoms with E-state index in [2.05, 4.69) is 27.7 Å². The first-order valence-electron chi connectivity index (χ1n) is 15.7. The van der Waals surface area contributed by atoms with Gasteiger partial charge in [0, 0.05) is 13.1 Å². The summed E-state index contributed by atoms with van der Waals surface area (Å²) in [5.74, 6) is -4.45. The Morgan fingerprint density at radius 2 is 0.915 bits per heavy atom. The summed E-state index contributed by atoms with van der Waals surface area (Å²) in [5, 5.41) is 16.6. The molecule has 2 rings (SSSR count). The number of aliphatic carboxylic acids is 2. The minimum Gasteiger partial charge on any atom is -0.481 e. The number of nitrogens with zero attached hydrogens (tertiary/aromatic N) is 2. The number of carboxylic acid groups (broad SMARTS) is 2. The third-order valence-corrected chi connectivity index (χ3v) is 14.0. The summed E-state index contributed by atoms with van der Waals surface area (Å²) in [5.41, 5.74) is -3.86. The standard InChI is InChI=1S/2C7H7FN2O4.4C4H9.H2O.2Sn/c2*8-4-3-10(2-1-5(11)12)7(14)9-6(4)13;4*1-3-4-2;;;/h2*3H,1-2H2,(H,11,12)(H,9,13,14);4*1,3-4H2,2H3;1H2;;. The summed E-state index contributed by atoms with van der Waals surface area (Å²) < 4.78 is 33.4. The van der Waals surface area contributed by atoms with Gasteiger partial charge >= 0.3 is 162 Å². The second kappa shape index (κ2) is 32.3. The van der Waals surface area contributed by atoms with E-state index in [0.717, 1.165) is 9.13 Å². The van der Waals surface area contributed by atoms with E-state index < -0.39 is 46.1 Å². The molecular weight excluding hydrogens is 836 g/mol. The van der Waals surface area contributed by atoms with Crippen molar-refractivity contribution in [3.05, 3.63) is 65.7 Å². The number of hydrogen-bond donors (Lipinski definition) is 4. The van der Waals surface area contributed by atoms with Gasteiger partial charge in [-0.05, 0) is 0 Å². The van der Waals surface area contributed by atoms with Crippen molar-refractivity contribution in [1.82, 2.24) is 19.1 Å². The number of H-pyrrole nitrogens is 2. The number of rotatable bonds is 18. The Labute approximate surface area is 294 Å². The largest absolute Gasteiger partial charge is 0.481 e. The fourth-order valence-electron chi connectivity index (χ4n) is 3.19. The summed E-state index contributed by atoms with van der Waals surface area (Å²) in [6.07, 6.45) is 12.4. The molecule has 0 saturated heterocycles. The summed E-state index contributed by atoms with van der Waals surface area (Å²) in [4.78, 5) is 66.8. The quantitative estimate of drug-likeness (QED) is 0.128. The maximum Gasteiger partial charge on any atom is 0.328 e. The second-order valence-electron chi connectivity index (χ2n) is 10.1. The summed E-state index contributed by atoms with van der Waals surface area (Å²) >= 11 is 0.299. The van der Waals surface area contributed by atoms with Crippen LogP contribution >= 0.6 is 0 Å². The molecule has 17 heteroatoms. The molecule has 13 nitrogen and oxygen atoms in total. The van der Waals surface area contributed by atoms with Gasteiger partial charge in [0.05, 0.1) is 25.2 Å². The van der Waals surface area contributed by atoms with Crippen molar-refractivity contribution in [2.75, 3.05) is 0 Å². The SMILES string of the molecule is CCC[CH2][Sn][CH2]CCC.CCC[CH2][Sn][CH2]CCC.O.O=C(O)CCn1cc(F)c(=O)[nH]c1=O.O=C(O)CCn1cc(F)c(=O)[nH]c1=O. The topological polar surface area (TPSA) is 216 Å². The fraction of sp³-hybridized carbons (Fsp3) is 0.667. The number of unbranched alkanes of at least 4 members (excludes halogenated alkanes) is 4. The van der Waals surface area contributed by atoms with Gasteiger partial charge in [0.2, 0.25) is 11.6 Å². The predicted octanol–water partition coefficient (Wildman–Crippen LogP) is 3.73. The van der Waals surface area contributed by atoms with E-state index in [-0.39, 0.29) is 73.7 Å². The maximum absolute atomic E-state index is 12.6. The first-order chi connectivity index (χ1) is 21.8. The van der Waals surface area contributed by atoms with Crippen LogP contribution in [-0.2, 0) is 22.7 Å². The normalized spacial score (nSPS) is 9.83. The van der Waals surface area contributed by atoms with Crippen LogP contribution in [0.3, 0.4) is 0 Å². The molecule has 0 fully saturated rings. The number of carboxylic acids is 2. The van der Waals surface area contributed by atoms with Crippen molar-refractivity contribution in [2.45, 2.75) is 123 Å². The summed E-state index contributed by atoms with van der Waals surface area (Å²) in [7, 11) is 0. The third kappa shape index (κ3) is 28.4. The van der Waals surface area contributed by atoms with Gasteiger partial charge in [-0.25, -0.2) is 9.59 Å². The molecule has 2 heterocycles. The van der Waals surface area contributed by atoms with Crippen LogP contribution in [0.4, 0.5) is 8.78 Å². The van der Waals surface area contributed by atoms with Gasteiger partial charge in [-0.1, -0.05) is 0 Å². The van der Waals surface area contributed by atoms with Crippen molar-refractivity contribution in [3.8, 4) is 0 Å². The Morgan fingerprint density at radius 1 is 0.638 bits per heavy atom. The van der Waals surface area contributed by atoms with Crippen LogP contribution in [0.5, 0.6) is 0 Å². The van der Waals surface area contributed by atoms with E-state index in [1.54, 1.807) is 27.7 Å². The van der Waals surface area contributed by atoms with Crippen LogP contribution in [0, 0.1) is 11.6 Å². The zero-order valence-electron chi connectivity index (χ0n) is 28.0. The van der Waals surface area contributed by atoms with Crippen molar-refractivity contribution < 1.29 is 34.1 Å². The molecule has 0 saturated carbocycles. The Morgan fingerprint density at radius 3 is 1.15 bits per heavy atom. The molecule has 0 aliphatic carbocycles. The molecule has 4 radical (unpaired) electrons. The van der Waals surface area contributed by atoms with E-state index in [0.29, 0.717) is 12.4 Å². The molecule has 0 aliphatic heterocycles. The molecule has 2 aromatic rings. The maximum atomic E-state index is 12.6. The summed E-state index contributed by atoms with van der Waals surface area (Å²) in [6.45, 7) is 8.81. The van der Waals surface area contributed by atoms with E-state index in [1.807, 2.05) is 0 Å². The fourth-order valence-corrected chi connectivity index (χ4v) is 11.5. The van der Waals surface area contributed by atoms with Gasteiger partial charge in [0.1, 0.15) is 0 Å². The number of aromatic amines is 2. The van der Waals surface area contributed by atoms with Crippen LogP contribution in [0.25, 0.3) is 0 Å². The van der Waals surface area contributed by atoms with E-state index >= 15 is 0 Å². The Balaban J connectivity index is -0.000000559. The van der Waals surface area contributed by atoms with E-state index in [9.17, 15) is 37.5 Å². The van der Waals surface area contributed by atoms with Gasteiger partial charge in [0.15, 0.2) is 0 Å². The van der Waals surface area contributed by atoms with Gasteiger partial charge in [-0.15, -0.1) is 0 Å². The molecule has 47 heavy (non-hydrogen) atoms. The van der Waals surface area contributed by atoms with Crippen LogP contribution in [0.1, 0.15) is 91.9 Å². The zero-order valence-corrected chi connectivity index (χ0v) is 33.7. The third-order valence-electron chi connectivity index (χ3n) is 5.90. The van der Waals surface area contributed by atoms with Crippen LogP contribution in [0.2, 0.25) is 17.7 Å². The average Bonchev–Trinajstić information content (AvgIpc) is 3.00. The number of halogens is 2. The minimum atomic E-state index is -1.12. The van der Waals surface area contributed by atoms with Gasteiger partial charge in [0.25, 0.3) is 11.1 Å². The Kier molecular flexibility index (Phi) is 33.7. The first-order valence-corrected chi connectivity index (χ1v) is 23.7. The first kappa shape index (κ1) is 49.1. The average molecular weight is 888 g/mol. The van der Waals surface area contributed by atoms with Crippen molar-refractivity contribution in [1.29, 1.82) is 0 Å². The minimum absolute atomic E-state index is 0. The molecule has 6 N–H and O–H groups in total. The number of aryl methyl sites for hydroxylation is 2. The number of aromatic nitrogens is 4. The smallest absolute Gasteiger partial charge is 0.328 e. The second-order valence-corrected chi connectivity index (χ2v) is 18.6. The molecule has 0 aliphatic rings. The van der Waals surface area contributed by atoms with Crippen molar-refractivity contribution >= 4 is 54.2 Å². The summed E-state index contributed by atoms with van der Waals surface area (Å²) in [6, 6.07) is 0. The molecule has 0 unspecified atom stereocenters. The Hall–Kier alpha value is -2.28. The monoisotopic (exact) mass is 890 g/mol. The molecule has 0 spiro atoms. The molecule has 0 bridgehead atoms. The van der Waals surface area contributed by atoms with Gasteiger partial charge < -0.3 is 15.7 Å². The zero-order chi connectivity index (χ0) is 35.3. The van der Waals surface area contributed by atoms with E-state index in [4.69, 9.17) is 10.2 Å². The van der Waals surface area contributed by atoms with Crippen molar-refractivity contribution in [2.24, 2.45) is 0 Å². The van der Waals surface area contributed by atoms with Gasteiger partial charge in [-0.2, -0.15) is 8.78 Å². The van der Waals surface area contributed by atoms with Gasteiger partial charge in [-0.3, -0.25) is 38.3 Å². The molecule has 0 aromatic carbocycles. The van der Waals surface area contributed by atoms with Crippen LogP contribution < -0.4 is 22.5 Å². The van der Waals surface area contributed by atoms with Crippen LogP contribution in [0.15, 0.2) is 31.6 Å². The molecular formula is C30H52F2N4O9Sn2. The van der Waals surface area contributed by atoms with Crippen LogP contribution in [-0.4, -0.2) is 89.0 Å². The Bertz CT molecular complexity index is 1230. The molecule has 268 valence electrons. The van der Waals surface area contributed by atoms with E-state index in [1.165, 1.54) is 51.4 Å². The van der Waals surface area contributed by atoms with Crippen molar-refractivity contribution in [3.63, 3.8) is 0 Å².